The van der Waals surface area contributed by atoms with Crippen LogP contribution in [-0.2, 0) is 9.31 Å². The van der Waals surface area contributed by atoms with Crippen molar-refractivity contribution in [3.63, 3.8) is 0 Å². The van der Waals surface area contributed by atoms with Crippen LogP contribution < -0.4 is 5.46 Å². The molecule has 0 radical (unpaired) electrons. The molecule has 316 valence electrons. The third kappa shape index (κ3) is 6.72. The van der Waals surface area contributed by atoms with Crippen LogP contribution in [0.5, 0.6) is 0 Å². The Hall–Kier alpha value is -5.93. The lowest BCUT2D eigenvalue weighted by Crippen LogP contribution is -2.41. The summed E-state index contributed by atoms with van der Waals surface area (Å²) in [7, 11) is -0.404. The molecule has 0 amide bonds. The fourth-order valence-corrected chi connectivity index (χ4v) is 11.6. The van der Waals surface area contributed by atoms with Gasteiger partial charge in [-0.05, 0) is 110 Å². The number of halogens is 1. The van der Waals surface area contributed by atoms with Gasteiger partial charge in [-0.15, -0.1) is 22.7 Å². The Kier molecular flexibility index (Phi) is 10.3. The summed E-state index contributed by atoms with van der Waals surface area (Å²) in [5, 5.41) is 10.4. The topological polar surface area (TPSA) is 44.7 Å². The number of hydrogen-bond acceptors (Lipinski definition) is 6. The second-order valence-corrected chi connectivity index (χ2v) is 19.7. The average molecular weight is 893 g/mol. The summed E-state index contributed by atoms with van der Waals surface area (Å²) in [5.74, 6) is 0. The van der Waals surface area contributed by atoms with E-state index >= 15 is 0 Å². The summed E-state index contributed by atoms with van der Waals surface area (Å²) < 4.78 is 30.1. The summed E-state index contributed by atoms with van der Waals surface area (Å²) in [5.41, 5.74) is 8.62. The van der Waals surface area contributed by atoms with E-state index in [-0.39, 0.29) is 26.1 Å². The molecule has 8 aromatic carbocycles. The Morgan fingerprint density at radius 1 is 0.422 bits per heavy atom. The molecule has 8 heteroatoms. The highest BCUT2D eigenvalue weighted by Gasteiger charge is 2.51. The molecule has 0 spiro atoms. The van der Waals surface area contributed by atoms with Crippen molar-refractivity contribution >= 4 is 131 Å². The second kappa shape index (κ2) is 15.7. The average Bonchev–Trinajstić information content (AvgIpc) is 4.08. The predicted molar refractivity (Wildman–Crippen MR) is 278 cm³/mol. The first-order chi connectivity index (χ1) is 30.1. The maximum Gasteiger partial charge on any atom is 0.494 e. The summed E-state index contributed by atoms with van der Waals surface area (Å²) in [6, 6.07) is 55.5. The highest BCUT2D eigenvalue weighted by Crippen LogP contribution is 2.44. The highest BCUT2D eigenvalue weighted by molar-refractivity contribution is 7.26. The number of hydrogen-bond donors (Lipinski definition) is 0. The van der Waals surface area contributed by atoms with Crippen LogP contribution in [0.4, 0.5) is 0 Å². The largest absolute Gasteiger partial charge is 0.494 e. The third-order valence-corrected chi connectivity index (χ3v) is 15.6. The summed E-state index contributed by atoms with van der Waals surface area (Å²) in [6.07, 6.45) is 0. The standard InChI is InChI=1S/C30H25BO3S.C24H13ClOS.2CH4/c1-29(2)30(3,4)34-31(33-29)19-13-14-21-24-16-18(12-15-25(24)32-26(21)17-19)20-9-7-10-23-22-8-5-6-11-27(22)35-28(20)23;25-15-9-10-17-20-12-14(8-11-21(20)26-22(17)13-15)16-5-3-6-19-18-4-1-2-7-23(18)27-24(16)19;;/h5-17H,1-4H3;1-13H;2*1H4. The number of furan rings is 2. The Labute approximate surface area is 385 Å². The molecule has 5 heterocycles. The van der Waals surface area contributed by atoms with Crippen molar-refractivity contribution in [3.8, 4) is 22.3 Å². The molecule has 13 rings (SSSR count). The first-order valence-electron chi connectivity index (χ1n) is 20.8. The van der Waals surface area contributed by atoms with Gasteiger partial charge in [0, 0.05) is 73.0 Å². The van der Waals surface area contributed by atoms with Crippen molar-refractivity contribution in [2.75, 3.05) is 0 Å². The van der Waals surface area contributed by atoms with Crippen molar-refractivity contribution in [2.45, 2.75) is 53.8 Å². The predicted octanol–water partition coefficient (Wildman–Crippen LogP) is 17.5. The molecule has 12 aromatic rings. The van der Waals surface area contributed by atoms with E-state index in [4.69, 9.17) is 29.7 Å². The second-order valence-electron chi connectivity index (χ2n) is 17.2. The summed E-state index contributed by atoms with van der Waals surface area (Å²) >= 11 is 9.83. The fraction of sp³-hybridized carbons (Fsp3) is 0.143. The van der Waals surface area contributed by atoms with Crippen LogP contribution in [0.25, 0.3) is 106 Å². The maximum atomic E-state index is 6.27. The van der Waals surface area contributed by atoms with Gasteiger partial charge in [0.25, 0.3) is 0 Å². The normalized spacial score (nSPS) is 14.5. The van der Waals surface area contributed by atoms with Crippen molar-refractivity contribution in [1.29, 1.82) is 0 Å². The lowest BCUT2D eigenvalue weighted by Gasteiger charge is -2.32. The van der Waals surface area contributed by atoms with E-state index < -0.39 is 7.12 Å². The van der Waals surface area contributed by atoms with Crippen LogP contribution in [0.15, 0.2) is 167 Å². The van der Waals surface area contributed by atoms with Gasteiger partial charge in [0.05, 0.1) is 11.2 Å². The molecule has 0 bridgehead atoms. The van der Waals surface area contributed by atoms with E-state index in [1.54, 1.807) is 0 Å². The number of thiophene rings is 2. The zero-order chi connectivity index (χ0) is 41.9. The van der Waals surface area contributed by atoms with Crippen LogP contribution in [0.1, 0.15) is 42.5 Å². The monoisotopic (exact) mass is 892 g/mol. The van der Waals surface area contributed by atoms with Gasteiger partial charge in [0.15, 0.2) is 0 Å². The Morgan fingerprint density at radius 2 is 0.891 bits per heavy atom. The van der Waals surface area contributed by atoms with E-state index in [2.05, 4.69) is 167 Å². The van der Waals surface area contributed by atoms with E-state index in [1.807, 2.05) is 40.9 Å². The molecule has 64 heavy (non-hydrogen) atoms. The molecule has 0 N–H and O–H groups in total. The molecule has 0 atom stereocenters. The zero-order valence-corrected chi connectivity index (χ0v) is 36.8. The fourth-order valence-electron chi connectivity index (χ4n) is 8.95. The van der Waals surface area contributed by atoms with Gasteiger partial charge in [-0.25, -0.2) is 0 Å². The van der Waals surface area contributed by atoms with E-state index in [0.29, 0.717) is 5.02 Å². The molecule has 1 aliphatic heterocycles. The summed E-state index contributed by atoms with van der Waals surface area (Å²) in [6.45, 7) is 8.30. The minimum absolute atomic E-state index is 0. The molecule has 0 aliphatic carbocycles. The molecule has 0 saturated carbocycles. The van der Waals surface area contributed by atoms with Crippen LogP contribution >= 0.6 is 34.3 Å². The summed E-state index contributed by atoms with van der Waals surface area (Å²) in [4.78, 5) is 0. The van der Waals surface area contributed by atoms with Gasteiger partial charge in [-0.3, -0.25) is 0 Å². The number of fused-ring (bicyclic) bond motifs is 12. The van der Waals surface area contributed by atoms with Crippen LogP contribution in [0, 0.1) is 0 Å². The molecular weight excluding hydrogens is 847 g/mol. The highest BCUT2D eigenvalue weighted by atomic mass is 35.5. The van der Waals surface area contributed by atoms with Gasteiger partial charge in [-0.2, -0.15) is 0 Å². The van der Waals surface area contributed by atoms with Gasteiger partial charge in [0.2, 0.25) is 0 Å². The van der Waals surface area contributed by atoms with Crippen molar-refractivity contribution in [3.05, 3.63) is 163 Å². The molecule has 1 saturated heterocycles. The Bertz CT molecular complexity index is 3740. The van der Waals surface area contributed by atoms with Gasteiger partial charge in [0.1, 0.15) is 22.3 Å². The first-order valence-corrected chi connectivity index (χ1v) is 22.8. The quantitative estimate of drug-likeness (QED) is 0.166. The minimum Gasteiger partial charge on any atom is -0.456 e. The van der Waals surface area contributed by atoms with E-state index in [9.17, 15) is 0 Å². The lowest BCUT2D eigenvalue weighted by atomic mass is 9.79. The zero-order valence-electron chi connectivity index (χ0n) is 34.4. The third-order valence-electron chi connectivity index (χ3n) is 12.9. The lowest BCUT2D eigenvalue weighted by molar-refractivity contribution is 0.00578. The smallest absolute Gasteiger partial charge is 0.456 e. The van der Waals surface area contributed by atoms with Crippen molar-refractivity contribution < 1.29 is 18.1 Å². The molecular formula is C56H46BClO4S2. The van der Waals surface area contributed by atoms with Gasteiger partial charge < -0.3 is 18.1 Å². The van der Waals surface area contributed by atoms with Gasteiger partial charge in [-0.1, -0.05) is 124 Å². The Balaban J connectivity index is 0.000000151. The number of rotatable bonds is 3. The minimum atomic E-state index is -0.404. The van der Waals surface area contributed by atoms with Crippen LogP contribution in [-0.4, -0.2) is 18.3 Å². The van der Waals surface area contributed by atoms with Crippen LogP contribution in [0.3, 0.4) is 0 Å². The molecule has 1 aliphatic rings. The molecule has 1 fully saturated rings. The van der Waals surface area contributed by atoms with Gasteiger partial charge >= 0.3 is 7.12 Å². The SMILES string of the molecule is C.C.CC1(C)OB(c2ccc3c(c2)oc2ccc(-c4cccc5c4sc4ccccc45)cc23)OC1(C)C.Clc1ccc2c(c1)oc1ccc(-c3cccc4c3sc3ccccc34)cc12. The maximum absolute atomic E-state index is 6.27. The van der Waals surface area contributed by atoms with E-state index in [1.165, 1.54) is 62.6 Å². The van der Waals surface area contributed by atoms with E-state index in [0.717, 1.165) is 49.3 Å². The molecule has 0 unspecified atom stereocenters. The molecule has 4 nitrogen and oxygen atoms in total. The van der Waals surface area contributed by atoms with Crippen molar-refractivity contribution in [1.82, 2.24) is 0 Å². The first kappa shape index (κ1) is 42.0. The van der Waals surface area contributed by atoms with Crippen molar-refractivity contribution in [2.24, 2.45) is 0 Å². The molecule has 4 aromatic heterocycles. The van der Waals surface area contributed by atoms with Crippen LogP contribution in [0.2, 0.25) is 5.02 Å². The Morgan fingerprint density at radius 3 is 1.42 bits per heavy atom. The number of benzene rings is 8.